The molecular weight excluding hydrogens is 618 g/mol. The lowest BCUT2D eigenvalue weighted by atomic mass is 10.0. The molecule has 0 radical (unpaired) electrons. The molecule has 0 bridgehead atoms. The summed E-state index contributed by atoms with van der Waals surface area (Å²) in [5.74, 6) is -1.73. The molecule has 4 rings (SSSR count). The van der Waals surface area contributed by atoms with E-state index in [-0.39, 0.29) is 43.3 Å². The van der Waals surface area contributed by atoms with Gasteiger partial charge in [0.05, 0.1) is 11.1 Å². The van der Waals surface area contributed by atoms with Gasteiger partial charge in [-0.05, 0) is 67.2 Å². The molecule has 2 aromatic carbocycles. The number of benzene rings is 2. The molecule has 0 aliphatic carbocycles. The van der Waals surface area contributed by atoms with Gasteiger partial charge >= 0.3 is 6.03 Å². The highest BCUT2D eigenvalue weighted by Crippen LogP contribution is 2.23. The molecule has 0 fully saturated rings. The van der Waals surface area contributed by atoms with E-state index in [1.165, 1.54) is 6.92 Å². The van der Waals surface area contributed by atoms with Gasteiger partial charge in [-0.3, -0.25) is 34.0 Å². The Morgan fingerprint density at radius 2 is 1.53 bits per heavy atom. The minimum absolute atomic E-state index is 0.0580. The molecule has 1 aromatic heterocycles. The van der Waals surface area contributed by atoms with Crippen LogP contribution in [0.3, 0.4) is 0 Å². The van der Waals surface area contributed by atoms with E-state index < -0.39 is 41.8 Å². The van der Waals surface area contributed by atoms with E-state index in [1.54, 1.807) is 48.8 Å². The van der Waals surface area contributed by atoms with E-state index >= 15 is 0 Å². The smallest absolute Gasteiger partial charge is 0.324 e. The first-order valence-corrected chi connectivity index (χ1v) is 15.9. The number of urea groups is 1. The Labute approximate surface area is 279 Å². The van der Waals surface area contributed by atoms with E-state index in [4.69, 9.17) is 17.0 Å². The average Bonchev–Trinajstić information content (AvgIpc) is 3.29. The van der Waals surface area contributed by atoms with Crippen LogP contribution in [0, 0.1) is 5.92 Å². The molecule has 2 heterocycles. The minimum Gasteiger partial charge on any atom is -0.474 e. The fourth-order valence-corrected chi connectivity index (χ4v) is 5.25. The van der Waals surface area contributed by atoms with Gasteiger partial charge in [-0.15, -0.1) is 0 Å². The summed E-state index contributed by atoms with van der Waals surface area (Å²) in [5.41, 5.74) is 2.00. The molecular formula is C35H39N5O6S. The first-order chi connectivity index (χ1) is 22.5. The molecule has 0 spiro atoms. The summed E-state index contributed by atoms with van der Waals surface area (Å²) in [6.07, 6.45) is 2.92. The molecule has 0 saturated carbocycles. The zero-order valence-electron chi connectivity index (χ0n) is 26.7. The third-order valence-corrected chi connectivity index (χ3v) is 7.69. The van der Waals surface area contributed by atoms with Crippen LogP contribution < -0.4 is 10.6 Å². The zero-order chi connectivity index (χ0) is 33.9. The van der Waals surface area contributed by atoms with Crippen molar-refractivity contribution in [2.24, 2.45) is 5.92 Å². The van der Waals surface area contributed by atoms with Crippen LogP contribution >= 0.6 is 12.2 Å². The summed E-state index contributed by atoms with van der Waals surface area (Å²) in [7, 11) is 0. The van der Waals surface area contributed by atoms with Crippen molar-refractivity contribution in [2.75, 3.05) is 18.4 Å². The fraction of sp³-hybridized carbons (Fsp3) is 0.343. The second kappa shape index (κ2) is 16.5. The number of thiocarbonyl (C=S) groups is 1. The van der Waals surface area contributed by atoms with Crippen LogP contribution in [0.15, 0.2) is 79.1 Å². The predicted molar refractivity (Wildman–Crippen MR) is 181 cm³/mol. The van der Waals surface area contributed by atoms with Gasteiger partial charge in [0.1, 0.15) is 6.04 Å². The zero-order valence-corrected chi connectivity index (χ0v) is 27.5. The van der Waals surface area contributed by atoms with Crippen LogP contribution in [-0.4, -0.2) is 74.7 Å². The van der Waals surface area contributed by atoms with E-state index in [9.17, 15) is 24.0 Å². The molecule has 3 aromatic rings. The van der Waals surface area contributed by atoms with Gasteiger partial charge in [-0.2, -0.15) is 0 Å². The number of hydrogen-bond acceptors (Lipinski definition) is 8. The van der Waals surface area contributed by atoms with Gasteiger partial charge in [0, 0.05) is 44.5 Å². The van der Waals surface area contributed by atoms with Gasteiger partial charge in [-0.1, -0.05) is 56.3 Å². The summed E-state index contributed by atoms with van der Waals surface area (Å²) in [5, 5.41) is 5.68. The van der Waals surface area contributed by atoms with Gasteiger partial charge in [0.2, 0.25) is 5.91 Å². The second-order valence-corrected chi connectivity index (χ2v) is 12.2. The first kappa shape index (κ1) is 34.9. The number of nitrogens with one attached hydrogen (secondary N) is 2. The number of ether oxygens (including phenoxy) is 1. The number of carbonyl (C=O) groups is 5. The number of fused-ring (bicyclic) bond motifs is 1. The number of imide groups is 2. The Morgan fingerprint density at radius 1 is 0.915 bits per heavy atom. The Morgan fingerprint density at radius 3 is 2.13 bits per heavy atom. The third kappa shape index (κ3) is 9.52. The summed E-state index contributed by atoms with van der Waals surface area (Å²) >= 11 is 5.16. The number of carbonyl (C=O) groups excluding carboxylic acids is 5. The molecule has 2 N–H and O–H groups in total. The number of amides is 6. The van der Waals surface area contributed by atoms with Gasteiger partial charge < -0.3 is 15.4 Å². The van der Waals surface area contributed by atoms with Crippen LogP contribution in [0.4, 0.5) is 10.5 Å². The van der Waals surface area contributed by atoms with Gasteiger partial charge in [0.15, 0.2) is 11.2 Å². The highest BCUT2D eigenvalue weighted by atomic mass is 32.1. The summed E-state index contributed by atoms with van der Waals surface area (Å²) in [4.78, 5) is 73.1. The van der Waals surface area contributed by atoms with Crippen molar-refractivity contribution >= 4 is 52.6 Å². The number of hydrogen-bond donors (Lipinski definition) is 2. The molecule has 1 aliphatic heterocycles. The maximum atomic E-state index is 14.0. The Kier molecular flexibility index (Phi) is 12.3. The largest absolute Gasteiger partial charge is 0.474 e. The van der Waals surface area contributed by atoms with E-state index in [1.807, 2.05) is 44.2 Å². The quantitative estimate of drug-likeness (QED) is 0.182. The summed E-state index contributed by atoms with van der Waals surface area (Å²) in [6, 6.07) is 17.3. The minimum atomic E-state index is -1.15. The lowest BCUT2D eigenvalue weighted by Gasteiger charge is -2.29. The van der Waals surface area contributed by atoms with Crippen molar-refractivity contribution in [1.29, 1.82) is 0 Å². The summed E-state index contributed by atoms with van der Waals surface area (Å²) in [6.45, 7) is 5.59. The van der Waals surface area contributed by atoms with Crippen molar-refractivity contribution in [3.63, 3.8) is 0 Å². The fourth-order valence-electron chi connectivity index (χ4n) is 5.13. The van der Waals surface area contributed by atoms with Crippen molar-refractivity contribution in [3.05, 3.63) is 95.8 Å². The molecule has 12 heteroatoms. The highest BCUT2D eigenvalue weighted by molar-refractivity contribution is 7.80. The van der Waals surface area contributed by atoms with E-state index in [2.05, 4.69) is 15.6 Å². The maximum Gasteiger partial charge on any atom is 0.324 e. The number of aromatic nitrogens is 1. The van der Waals surface area contributed by atoms with Gasteiger partial charge in [0.25, 0.3) is 17.7 Å². The number of rotatable bonds is 14. The van der Waals surface area contributed by atoms with E-state index in [0.717, 1.165) is 15.4 Å². The lowest BCUT2D eigenvalue weighted by molar-refractivity contribution is -0.136. The first-order valence-electron chi connectivity index (χ1n) is 15.5. The van der Waals surface area contributed by atoms with Gasteiger partial charge in [-0.25, -0.2) is 4.79 Å². The molecule has 11 nitrogen and oxygen atoms in total. The van der Waals surface area contributed by atoms with Crippen LogP contribution in [-0.2, 0) is 20.7 Å². The number of anilines is 1. The molecule has 1 aliphatic rings. The topological polar surface area (TPSA) is 138 Å². The Bertz CT molecular complexity index is 1570. The SMILES string of the molecule is CC(=S)O[C@@H](CCCN1C(=O)c2ccccc2C1=O)C(=O)N(CCC(C)C)C(=O)N[C@@H](Cc1ccccc1)C(=O)Nc1ccncc1. The normalized spacial score (nSPS) is 13.5. The van der Waals surface area contributed by atoms with Crippen LogP contribution in [0.5, 0.6) is 0 Å². The molecule has 2 atom stereocenters. The Hall–Kier alpha value is -4.97. The second-order valence-electron chi connectivity index (χ2n) is 11.6. The highest BCUT2D eigenvalue weighted by Gasteiger charge is 2.36. The average molecular weight is 658 g/mol. The monoisotopic (exact) mass is 657 g/mol. The van der Waals surface area contributed by atoms with Crippen molar-refractivity contribution in [2.45, 2.75) is 58.6 Å². The van der Waals surface area contributed by atoms with Crippen molar-refractivity contribution < 1.29 is 28.7 Å². The van der Waals surface area contributed by atoms with E-state index in [0.29, 0.717) is 23.2 Å². The number of pyridine rings is 1. The molecule has 246 valence electrons. The van der Waals surface area contributed by atoms with Crippen LogP contribution in [0.1, 0.15) is 66.3 Å². The molecule has 6 amide bonds. The van der Waals surface area contributed by atoms with Crippen molar-refractivity contribution in [1.82, 2.24) is 20.1 Å². The Balaban J connectivity index is 1.51. The van der Waals surface area contributed by atoms with Crippen LogP contribution in [0.25, 0.3) is 0 Å². The number of nitrogens with zero attached hydrogens (tertiary/aromatic N) is 3. The lowest BCUT2D eigenvalue weighted by Crippen LogP contribution is -2.54. The molecule has 47 heavy (non-hydrogen) atoms. The molecule has 0 saturated heterocycles. The summed E-state index contributed by atoms with van der Waals surface area (Å²) < 4.78 is 5.74. The molecule has 0 unspecified atom stereocenters. The standard InChI is InChI=1S/C35H39N5O6S/c1-23(2)17-21-40(35(45)38-29(22-25-10-5-4-6-11-25)31(41)37-26-15-18-36-19-16-26)34(44)30(46-24(3)47)14-9-20-39-32(42)27-12-7-8-13-28(27)33(39)43/h4-8,10-13,15-16,18-19,23,29-30H,9,14,17,20-22H2,1-3H3,(H,38,45)(H,36,37,41)/t29-,30-/m0/s1. The van der Waals surface area contributed by atoms with Crippen LogP contribution in [0.2, 0.25) is 0 Å². The predicted octanol–water partition coefficient (Wildman–Crippen LogP) is 5.02. The third-order valence-electron chi connectivity index (χ3n) is 7.60. The van der Waals surface area contributed by atoms with Crippen molar-refractivity contribution in [3.8, 4) is 0 Å². The maximum absolute atomic E-state index is 14.0.